The Morgan fingerprint density at radius 2 is 2.00 bits per heavy atom. The second-order valence-corrected chi connectivity index (χ2v) is 7.71. The van der Waals surface area contributed by atoms with Crippen molar-refractivity contribution in [1.29, 1.82) is 0 Å². The lowest BCUT2D eigenvalue weighted by atomic mass is 10.3. The molecule has 11 heteroatoms. The molecule has 0 spiro atoms. The Hall–Kier alpha value is -3.18. The number of nitrogens with one attached hydrogen (secondary N) is 1. The highest BCUT2D eigenvalue weighted by atomic mass is 32.2. The van der Waals surface area contributed by atoms with E-state index in [-0.39, 0.29) is 11.7 Å². The van der Waals surface area contributed by atoms with Crippen LogP contribution in [0.3, 0.4) is 0 Å². The minimum atomic E-state index is -0.184. The van der Waals surface area contributed by atoms with Gasteiger partial charge in [0, 0.05) is 6.07 Å². The molecule has 0 aliphatic heterocycles. The first-order valence-electron chi connectivity index (χ1n) is 8.47. The average molecular weight is 428 g/mol. The van der Waals surface area contributed by atoms with Gasteiger partial charge in [-0.05, 0) is 34.7 Å². The zero-order valence-electron chi connectivity index (χ0n) is 15.5. The molecule has 0 aliphatic rings. The molecule has 4 rings (SSSR count). The number of rotatable bonds is 7. The molecule has 0 fully saturated rings. The number of fused-ring (bicyclic) bond motifs is 1. The normalized spacial score (nSPS) is 10.8. The fourth-order valence-corrected chi connectivity index (χ4v) is 4.17. The van der Waals surface area contributed by atoms with Gasteiger partial charge in [0.1, 0.15) is 0 Å². The molecule has 0 bridgehead atoms. The number of tetrazole rings is 1. The number of para-hydroxylation sites is 1. The van der Waals surface area contributed by atoms with Crippen LogP contribution in [-0.4, -0.2) is 51.1 Å². The minimum Gasteiger partial charge on any atom is -0.493 e. The summed E-state index contributed by atoms with van der Waals surface area (Å²) in [6.07, 6.45) is 0. The van der Waals surface area contributed by atoms with Gasteiger partial charge in [0.25, 0.3) is 0 Å². The maximum Gasteiger partial charge on any atom is 0.236 e. The molecular weight excluding hydrogens is 412 g/mol. The number of benzene rings is 2. The van der Waals surface area contributed by atoms with Crippen molar-refractivity contribution >= 4 is 44.4 Å². The summed E-state index contributed by atoms with van der Waals surface area (Å²) in [5, 5.41) is 15.6. The van der Waals surface area contributed by atoms with E-state index < -0.39 is 0 Å². The number of ether oxygens (including phenoxy) is 2. The molecule has 29 heavy (non-hydrogen) atoms. The summed E-state index contributed by atoms with van der Waals surface area (Å²) < 4.78 is 13.1. The molecule has 2 aromatic carbocycles. The summed E-state index contributed by atoms with van der Waals surface area (Å²) in [7, 11) is 3.13. The fraction of sp³-hybridized carbons (Fsp3) is 0.167. The monoisotopic (exact) mass is 428 g/mol. The van der Waals surface area contributed by atoms with Crippen molar-refractivity contribution in [2.45, 2.75) is 5.16 Å². The van der Waals surface area contributed by atoms with Gasteiger partial charge >= 0.3 is 0 Å². The molecule has 0 aliphatic carbocycles. The van der Waals surface area contributed by atoms with Crippen molar-refractivity contribution in [2.75, 3.05) is 25.3 Å². The number of aromatic nitrogens is 5. The van der Waals surface area contributed by atoms with Gasteiger partial charge in [-0.15, -0.1) is 5.10 Å². The first-order valence-corrected chi connectivity index (χ1v) is 10.3. The van der Waals surface area contributed by atoms with E-state index in [4.69, 9.17) is 9.47 Å². The SMILES string of the molecule is COc1ccc(-n2nnnc2SCC(=O)Nc2nc3ccccc3s2)cc1OC. The second-order valence-electron chi connectivity index (χ2n) is 5.74. The summed E-state index contributed by atoms with van der Waals surface area (Å²) in [6, 6.07) is 13.1. The van der Waals surface area contributed by atoms with Gasteiger partial charge in [-0.3, -0.25) is 4.79 Å². The summed E-state index contributed by atoms with van der Waals surface area (Å²) in [4.78, 5) is 16.7. The van der Waals surface area contributed by atoms with Crippen molar-refractivity contribution < 1.29 is 14.3 Å². The van der Waals surface area contributed by atoms with Crippen molar-refractivity contribution in [1.82, 2.24) is 25.2 Å². The molecule has 0 atom stereocenters. The first kappa shape index (κ1) is 19.2. The van der Waals surface area contributed by atoms with Crippen LogP contribution in [0.15, 0.2) is 47.6 Å². The Labute approximate surface area is 174 Å². The molecule has 9 nitrogen and oxygen atoms in total. The van der Waals surface area contributed by atoms with Crippen LogP contribution >= 0.6 is 23.1 Å². The Kier molecular flexibility index (Phi) is 5.58. The van der Waals surface area contributed by atoms with Crippen LogP contribution in [0.25, 0.3) is 15.9 Å². The van der Waals surface area contributed by atoms with E-state index in [0.717, 1.165) is 10.2 Å². The van der Waals surface area contributed by atoms with Gasteiger partial charge in [0.2, 0.25) is 11.1 Å². The Morgan fingerprint density at radius 3 is 2.79 bits per heavy atom. The molecule has 4 aromatic rings. The largest absolute Gasteiger partial charge is 0.493 e. The number of hydrogen-bond acceptors (Lipinski definition) is 9. The van der Waals surface area contributed by atoms with E-state index in [0.29, 0.717) is 27.5 Å². The van der Waals surface area contributed by atoms with Crippen LogP contribution in [0, 0.1) is 0 Å². The molecule has 148 valence electrons. The molecular formula is C18H16N6O3S2. The summed E-state index contributed by atoms with van der Waals surface area (Å²) in [5.41, 5.74) is 1.56. The first-order chi connectivity index (χ1) is 14.2. The number of hydrogen-bond donors (Lipinski definition) is 1. The number of methoxy groups -OCH3 is 2. The van der Waals surface area contributed by atoms with Crippen LogP contribution in [0.4, 0.5) is 5.13 Å². The van der Waals surface area contributed by atoms with Crippen molar-refractivity contribution in [3.8, 4) is 17.2 Å². The van der Waals surface area contributed by atoms with Gasteiger partial charge in [0.05, 0.1) is 35.9 Å². The predicted molar refractivity (Wildman–Crippen MR) is 111 cm³/mol. The quantitative estimate of drug-likeness (QED) is 0.448. The van der Waals surface area contributed by atoms with Crippen LogP contribution in [-0.2, 0) is 4.79 Å². The van der Waals surface area contributed by atoms with Gasteiger partial charge in [-0.2, -0.15) is 4.68 Å². The maximum absolute atomic E-state index is 12.3. The van der Waals surface area contributed by atoms with Crippen LogP contribution in [0.5, 0.6) is 11.5 Å². The third kappa shape index (κ3) is 4.15. The van der Waals surface area contributed by atoms with E-state index >= 15 is 0 Å². The maximum atomic E-state index is 12.3. The standard InChI is InChI=1S/C18H16N6O3S2/c1-26-13-8-7-11(9-14(13)27-2)24-18(21-22-23-24)28-10-16(25)20-17-19-12-5-3-4-6-15(12)29-17/h3-9H,10H2,1-2H3,(H,19,20,25). The number of anilines is 1. The predicted octanol–water partition coefficient (Wildman–Crippen LogP) is 3.02. The van der Waals surface area contributed by atoms with Crippen molar-refractivity contribution in [3.63, 3.8) is 0 Å². The lowest BCUT2D eigenvalue weighted by molar-refractivity contribution is -0.113. The molecule has 1 amide bonds. The second kappa shape index (κ2) is 8.45. The number of thioether (sulfide) groups is 1. The highest BCUT2D eigenvalue weighted by Crippen LogP contribution is 2.30. The van der Waals surface area contributed by atoms with E-state index in [1.54, 1.807) is 26.4 Å². The summed E-state index contributed by atoms with van der Waals surface area (Å²) in [5.74, 6) is 1.12. The summed E-state index contributed by atoms with van der Waals surface area (Å²) in [6.45, 7) is 0. The van der Waals surface area contributed by atoms with Gasteiger partial charge in [-0.25, -0.2) is 4.98 Å². The molecule has 0 unspecified atom stereocenters. The lowest BCUT2D eigenvalue weighted by Gasteiger charge is -2.10. The van der Waals surface area contributed by atoms with E-state index in [1.165, 1.54) is 27.8 Å². The van der Waals surface area contributed by atoms with Crippen molar-refractivity contribution in [2.24, 2.45) is 0 Å². The third-order valence-corrected chi connectivity index (χ3v) is 5.80. The smallest absolute Gasteiger partial charge is 0.236 e. The lowest BCUT2D eigenvalue weighted by Crippen LogP contribution is -2.14. The van der Waals surface area contributed by atoms with Crippen LogP contribution in [0.2, 0.25) is 0 Å². The molecule has 0 saturated heterocycles. The average Bonchev–Trinajstić information content (AvgIpc) is 3.37. The molecule has 2 heterocycles. The number of thiazole rings is 1. The Morgan fingerprint density at radius 1 is 1.17 bits per heavy atom. The van der Waals surface area contributed by atoms with E-state index in [9.17, 15) is 4.79 Å². The highest BCUT2D eigenvalue weighted by molar-refractivity contribution is 7.99. The van der Waals surface area contributed by atoms with Crippen LogP contribution in [0.1, 0.15) is 0 Å². The van der Waals surface area contributed by atoms with Gasteiger partial charge in [0.15, 0.2) is 16.6 Å². The van der Waals surface area contributed by atoms with Crippen LogP contribution < -0.4 is 14.8 Å². The minimum absolute atomic E-state index is 0.142. The molecule has 2 aromatic heterocycles. The number of carbonyl (C=O) groups is 1. The Balaban J connectivity index is 1.44. The number of carbonyl (C=O) groups excluding carboxylic acids is 1. The zero-order valence-corrected chi connectivity index (χ0v) is 17.2. The zero-order chi connectivity index (χ0) is 20.2. The molecule has 1 N–H and O–H groups in total. The topological polar surface area (TPSA) is 104 Å². The summed E-state index contributed by atoms with van der Waals surface area (Å²) >= 11 is 2.66. The molecule has 0 saturated carbocycles. The van der Waals surface area contributed by atoms with E-state index in [1.807, 2.05) is 30.3 Å². The highest BCUT2D eigenvalue weighted by Gasteiger charge is 2.15. The number of nitrogens with zero attached hydrogens (tertiary/aromatic N) is 5. The van der Waals surface area contributed by atoms with E-state index in [2.05, 4.69) is 25.8 Å². The third-order valence-electron chi connectivity index (χ3n) is 3.93. The number of amides is 1. The van der Waals surface area contributed by atoms with Gasteiger partial charge in [-0.1, -0.05) is 35.2 Å². The molecule has 0 radical (unpaired) electrons. The van der Waals surface area contributed by atoms with Crippen molar-refractivity contribution in [3.05, 3.63) is 42.5 Å². The fourth-order valence-electron chi connectivity index (χ4n) is 2.60. The Bertz CT molecular complexity index is 1130. The van der Waals surface area contributed by atoms with Gasteiger partial charge < -0.3 is 14.8 Å².